The van der Waals surface area contributed by atoms with E-state index in [4.69, 9.17) is 14.6 Å². The van der Waals surface area contributed by atoms with Gasteiger partial charge in [0.1, 0.15) is 11.5 Å². The van der Waals surface area contributed by atoms with E-state index in [-0.39, 0.29) is 11.9 Å². The normalized spacial score (nSPS) is 21.9. The van der Waals surface area contributed by atoms with Gasteiger partial charge in [-0.2, -0.15) is 5.10 Å². The lowest BCUT2D eigenvalue weighted by molar-refractivity contribution is -0.163. The zero-order valence-electron chi connectivity index (χ0n) is 19.5. The molecule has 3 heterocycles. The van der Waals surface area contributed by atoms with Crippen molar-refractivity contribution in [3.8, 4) is 11.5 Å². The molecule has 0 saturated heterocycles. The minimum Gasteiger partial charge on any atom is -0.497 e. The van der Waals surface area contributed by atoms with Gasteiger partial charge in [0.15, 0.2) is 0 Å². The van der Waals surface area contributed by atoms with Crippen LogP contribution in [0.3, 0.4) is 0 Å². The Balaban J connectivity index is 1.57. The summed E-state index contributed by atoms with van der Waals surface area (Å²) >= 11 is 3.60. The largest absolute Gasteiger partial charge is 0.497 e. The average molecular weight is 530 g/mol. The Morgan fingerprint density at radius 2 is 2.00 bits per heavy atom. The van der Waals surface area contributed by atoms with E-state index in [1.54, 1.807) is 18.1 Å². The van der Waals surface area contributed by atoms with Crippen LogP contribution in [-0.2, 0) is 10.5 Å². The maximum atomic E-state index is 14.2. The number of carbonyl (C=O) groups excluding carboxylic acids is 1. The highest BCUT2D eigenvalue weighted by Crippen LogP contribution is 2.56. The van der Waals surface area contributed by atoms with Crippen LogP contribution >= 0.6 is 15.9 Å². The van der Waals surface area contributed by atoms with Crippen molar-refractivity contribution >= 4 is 33.2 Å². The van der Waals surface area contributed by atoms with E-state index in [1.165, 1.54) is 0 Å². The summed E-state index contributed by atoms with van der Waals surface area (Å²) < 4.78 is 13.0. The van der Waals surface area contributed by atoms with E-state index in [1.807, 2.05) is 66.5 Å². The van der Waals surface area contributed by atoms with E-state index in [0.717, 1.165) is 43.9 Å². The van der Waals surface area contributed by atoms with Crippen LogP contribution in [0, 0.1) is 6.92 Å². The van der Waals surface area contributed by atoms with Gasteiger partial charge in [-0.25, -0.2) is 5.01 Å². The number of halogens is 1. The maximum Gasteiger partial charge on any atom is 0.306 e. The SMILES string of the molecule is C=CCN1C(=O)[C@]2(Oc3ccc(Br)cc3[C@H]3CC(c4ccc(OC)cc4)=NN32)c2cc(C)ccc21. The van der Waals surface area contributed by atoms with Gasteiger partial charge < -0.3 is 14.4 Å². The zero-order chi connectivity index (χ0) is 24.3. The Kier molecular flexibility index (Phi) is 5.00. The fourth-order valence-corrected chi connectivity index (χ4v) is 5.65. The van der Waals surface area contributed by atoms with Crippen molar-refractivity contribution < 1.29 is 14.3 Å². The fourth-order valence-electron chi connectivity index (χ4n) is 5.27. The van der Waals surface area contributed by atoms with Gasteiger partial charge in [0.05, 0.1) is 30.1 Å². The molecule has 0 saturated carbocycles. The highest BCUT2D eigenvalue weighted by atomic mass is 79.9. The van der Waals surface area contributed by atoms with E-state index in [2.05, 4.69) is 28.6 Å². The minimum atomic E-state index is -1.38. The number of fused-ring (bicyclic) bond motifs is 6. The van der Waals surface area contributed by atoms with Crippen LogP contribution in [0.5, 0.6) is 11.5 Å². The lowest BCUT2D eigenvalue weighted by Crippen LogP contribution is -2.57. The Labute approximate surface area is 212 Å². The Morgan fingerprint density at radius 3 is 2.74 bits per heavy atom. The molecule has 0 unspecified atom stereocenters. The van der Waals surface area contributed by atoms with E-state index >= 15 is 0 Å². The zero-order valence-corrected chi connectivity index (χ0v) is 21.1. The molecule has 7 heteroatoms. The highest BCUT2D eigenvalue weighted by Gasteiger charge is 2.63. The van der Waals surface area contributed by atoms with Crippen LogP contribution in [-0.4, -0.2) is 30.3 Å². The fraction of sp³-hybridized carbons (Fsp3) is 0.214. The van der Waals surface area contributed by atoms with Crippen molar-refractivity contribution in [2.24, 2.45) is 5.10 Å². The number of amides is 1. The van der Waals surface area contributed by atoms with Gasteiger partial charge in [0.2, 0.25) is 0 Å². The van der Waals surface area contributed by atoms with Crippen LogP contribution < -0.4 is 14.4 Å². The summed E-state index contributed by atoms with van der Waals surface area (Å²) in [5.74, 6) is 1.33. The summed E-state index contributed by atoms with van der Waals surface area (Å²) in [7, 11) is 1.65. The molecule has 3 aromatic rings. The molecule has 6 nitrogen and oxygen atoms in total. The van der Waals surface area contributed by atoms with E-state index < -0.39 is 5.72 Å². The molecule has 0 bridgehead atoms. The van der Waals surface area contributed by atoms with Crippen LogP contribution in [0.4, 0.5) is 5.69 Å². The number of hydrazone groups is 1. The molecule has 0 aliphatic carbocycles. The Hall–Kier alpha value is -3.58. The highest BCUT2D eigenvalue weighted by molar-refractivity contribution is 9.10. The third-order valence-corrected chi connectivity index (χ3v) is 7.39. The number of carbonyl (C=O) groups is 1. The molecular weight excluding hydrogens is 506 g/mol. The van der Waals surface area contributed by atoms with Gasteiger partial charge >= 0.3 is 5.72 Å². The molecule has 0 fully saturated rings. The lowest BCUT2D eigenvalue weighted by atomic mass is 9.92. The summed E-state index contributed by atoms with van der Waals surface area (Å²) in [6, 6.07) is 19.7. The standard InChI is InChI=1S/C28H24BrN3O3/c1-4-13-31-24-11-5-17(2)14-22(24)28(27(31)33)32-25(21-15-19(29)8-12-26(21)35-28)16-23(30-32)18-6-9-20(34-3)10-7-18/h4-12,14-15,25H,1,13,16H2,2-3H3/t25-,28-/m1/s1. The van der Waals surface area contributed by atoms with Crippen molar-refractivity contribution in [2.75, 3.05) is 18.6 Å². The second kappa shape index (κ2) is 7.99. The van der Waals surface area contributed by atoms with E-state index in [0.29, 0.717) is 18.7 Å². The molecule has 35 heavy (non-hydrogen) atoms. The molecule has 0 radical (unpaired) electrons. The van der Waals surface area contributed by atoms with Crippen molar-refractivity contribution in [1.29, 1.82) is 0 Å². The topological polar surface area (TPSA) is 54.4 Å². The molecular formula is C28H24BrN3O3. The average Bonchev–Trinajstić information content (AvgIpc) is 3.41. The van der Waals surface area contributed by atoms with Crippen LogP contribution in [0.1, 0.15) is 34.7 Å². The number of benzene rings is 3. The number of rotatable bonds is 4. The van der Waals surface area contributed by atoms with Gasteiger partial charge in [0, 0.05) is 23.0 Å². The van der Waals surface area contributed by atoms with Crippen molar-refractivity contribution in [3.05, 3.63) is 100 Å². The quantitative estimate of drug-likeness (QED) is 0.407. The smallest absolute Gasteiger partial charge is 0.306 e. The van der Waals surface area contributed by atoms with Crippen LogP contribution in [0.25, 0.3) is 0 Å². The lowest BCUT2D eigenvalue weighted by Gasteiger charge is -2.44. The molecule has 3 aromatic carbocycles. The first-order chi connectivity index (χ1) is 17.0. The van der Waals surface area contributed by atoms with Gasteiger partial charge in [-0.15, -0.1) is 6.58 Å². The third kappa shape index (κ3) is 3.14. The van der Waals surface area contributed by atoms with E-state index in [9.17, 15) is 4.79 Å². The molecule has 6 rings (SSSR count). The third-order valence-electron chi connectivity index (χ3n) is 6.90. The van der Waals surface area contributed by atoms with Crippen LogP contribution in [0.2, 0.25) is 0 Å². The van der Waals surface area contributed by atoms with Crippen molar-refractivity contribution in [3.63, 3.8) is 0 Å². The number of hydrogen-bond donors (Lipinski definition) is 0. The van der Waals surface area contributed by atoms with Crippen molar-refractivity contribution in [1.82, 2.24) is 5.01 Å². The van der Waals surface area contributed by atoms with Crippen LogP contribution in [0.15, 0.2) is 82.9 Å². The molecule has 1 amide bonds. The number of nitrogens with zero attached hydrogens (tertiary/aromatic N) is 3. The molecule has 3 aliphatic rings. The summed E-state index contributed by atoms with van der Waals surface area (Å²) in [4.78, 5) is 15.9. The summed E-state index contributed by atoms with van der Waals surface area (Å²) in [5.41, 5.74) is 4.19. The minimum absolute atomic E-state index is 0.156. The number of ether oxygens (including phenoxy) is 2. The van der Waals surface area contributed by atoms with Crippen molar-refractivity contribution in [2.45, 2.75) is 25.1 Å². The van der Waals surface area contributed by atoms with Gasteiger partial charge in [0.25, 0.3) is 5.91 Å². The molecule has 2 atom stereocenters. The predicted octanol–water partition coefficient (Wildman–Crippen LogP) is 5.70. The number of hydrogen-bond acceptors (Lipinski definition) is 5. The summed E-state index contributed by atoms with van der Waals surface area (Å²) in [6.45, 7) is 6.28. The number of methoxy groups -OCH3 is 1. The monoisotopic (exact) mass is 529 g/mol. The van der Waals surface area contributed by atoms with Gasteiger partial charge in [-0.05, 0) is 67.1 Å². The number of anilines is 1. The maximum absolute atomic E-state index is 14.2. The Bertz CT molecular complexity index is 1400. The second-order valence-corrected chi connectivity index (χ2v) is 9.91. The first-order valence-electron chi connectivity index (χ1n) is 11.5. The number of aryl methyl sites for hydroxylation is 1. The predicted molar refractivity (Wildman–Crippen MR) is 139 cm³/mol. The first-order valence-corrected chi connectivity index (χ1v) is 12.3. The van der Waals surface area contributed by atoms with Gasteiger partial charge in [-0.1, -0.05) is 33.6 Å². The molecule has 0 aromatic heterocycles. The summed E-state index contributed by atoms with van der Waals surface area (Å²) in [5, 5.41) is 6.95. The molecule has 0 N–H and O–H groups in total. The molecule has 176 valence electrons. The molecule has 3 aliphatic heterocycles. The Morgan fingerprint density at radius 1 is 1.20 bits per heavy atom. The first kappa shape index (κ1) is 21.9. The van der Waals surface area contributed by atoms with Gasteiger partial charge in [-0.3, -0.25) is 4.79 Å². The summed E-state index contributed by atoms with van der Waals surface area (Å²) in [6.07, 6.45) is 2.39. The molecule has 1 spiro atoms. The second-order valence-electron chi connectivity index (χ2n) is 8.99.